The van der Waals surface area contributed by atoms with Crippen molar-refractivity contribution in [3.8, 4) is 5.75 Å². The Morgan fingerprint density at radius 1 is 1.27 bits per heavy atom. The summed E-state index contributed by atoms with van der Waals surface area (Å²) < 4.78 is 11.6. The number of rotatable bonds is 9. The van der Waals surface area contributed by atoms with Gasteiger partial charge in [0.2, 0.25) is 5.91 Å². The zero-order chi connectivity index (χ0) is 21.3. The Morgan fingerprint density at radius 2 is 2.07 bits per heavy atom. The highest BCUT2D eigenvalue weighted by Gasteiger charge is 2.23. The number of hydrogen-bond acceptors (Lipinski definition) is 6. The van der Waals surface area contributed by atoms with Crippen LogP contribution in [0.25, 0.3) is 0 Å². The first kappa shape index (κ1) is 21.8. The Morgan fingerprint density at radius 3 is 2.77 bits per heavy atom. The second kappa shape index (κ2) is 10.8. The van der Waals surface area contributed by atoms with Crippen LogP contribution < -0.4 is 20.5 Å². The van der Waals surface area contributed by atoms with E-state index in [9.17, 15) is 9.59 Å². The van der Waals surface area contributed by atoms with Crippen LogP contribution in [-0.2, 0) is 22.6 Å². The fourth-order valence-corrected chi connectivity index (χ4v) is 3.69. The van der Waals surface area contributed by atoms with Crippen molar-refractivity contribution < 1.29 is 14.3 Å². The summed E-state index contributed by atoms with van der Waals surface area (Å²) in [6.45, 7) is 3.01. The predicted octanol–water partition coefficient (Wildman–Crippen LogP) is 1.82. The van der Waals surface area contributed by atoms with Gasteiger partial charge in [-0.1, -0.05) is 12.1 Å². The Labute approximate surface area is 176 Å². The molecule has 1 N–H and O–H groups in total. The summed E-state index contributed by atoms with van der Waals surface area (Å²) >= 11 is 0. The second-order valence-corrected chi connectivity index (χ2v) is 7.55. The molecule has 1 aliphatic heterocycles. The molecule has 1 aromatic carbocycles. The predicted molar refractivity (Wildman–Crippen MR) is 115 cm³/mol. The van der Waals surface area contributed by atoms with Gasteiger partial charge in [0.25, 0.3) is 5.56 Å². The number of nitrogens with one attached hydrogen (secondary N) is 1. The Kier molecular flexibility index (Phi) is 7.84. The highest BCUT2D eigenvalue weighted by Crippen LogP contribution is 2.24. The number of carbonyl (C=O) groups excluding carboxylic acids is 1. The monoisotopic (exact) mass is 414 g/mol. The fourth-order valence-electron chi connectivity index (χ4n) is 3.69. The molecule has 2 heterocycles. The molecule has 1 unspecified atom stereocenters. The summed E-state index contributed by atoms with van der Waals surface area (Å²) in [5.74, 6) is 1.10. The van der Waals surface area contributed by atoms with Crippen LogP contribution in [0.3, 0.4) is 0 Å². The number of nitrogens with zero attached hydrogens (tertiary/aromatic N) is 3. The van der Waals surface area contributed by atoms with Crippen molar-refractivity contribution in [1.82, 2.24) is 15.1 Å². The van der Waals surface area contributed by atoms with Crippen LogP contribution in [0.4, 0.5) is 5.69 Å². The Balaban J connectivity index is 1.51. The van der Waals surface area contributed by atoms with Crippen LogP contribution in [0.15, 0.2) is 41.3 Å². The van der Waals surface area contributed by atoms with E-state index in [1.54, 1.807) is 26.5 Å². The maximum Gasteiger partial charge on any atom is 0.268 e. The number of carbonyl (C=O) groups is 1. The van der Waals surface area contributed by atoms with E-state index in [4.69, 9.17) is 9.47 Å². The lowest BCUT2D eigenvalue weighted by Gasteiger charge is -2.34. The summed E-state index contributed by atoms with van der Waals surface area (Å²) in [6.07, 6.45) is 4.20. The first-order valence-electron chi connectivity index (χ1n) is 10.3. The lowest BCUT2D eigenvalue weighted by atomic mass is 9.94. The molecule has 1 saturated heterocycles. The molecule has 0 aliphatic carbocycles. The summed E-state index contributed by atoms with van der Waals surface area (Å²) in [7, 11) is 3.23. The van der Waals surface area contributed by atoms with Gasteiger partial charge in [-0.05, 0) is 36.5 Å². The van der Waals surface area contributed by atoms with Gasteiger partial charge in [-0.3, -0.25) is 9.59 Å². The molecular formula is C22H30N4O4. The van der Waals surface area contributed by atoms with E-state index in [2.05, 4.69) is 15.3 Å². The average Bonchev–Trinajstić information content (AvgIpc) is 2.77. The molecule has 8 heteroatoms. The van der Waals surface area contributed by atoms with Gasteiger partial charge in [0.05, 0.1) is 32.1 Å². The molecule has 1 atom stereocenters. The van der Waals surface area contributed by atoms with E-state index in [1.165, 1.54) is 4.68 Å². The van der Waals surface area contributed by atoms with Crippen LogP contribution in [0.5, 0.6) is 5.75 Å². The molecule has 1 aliphatic rings. The van der Waals surface area contributed by atoms with Gasteiger partial charge in [0.1, 0.15) is 5.75 Å². The molecule has 0 bridgehead atoms. The number of hydrogen-bond donors (Lipinski definition) is 1. The van der Waals surface area contributed by atoms with Gasteiger partial charge in [0, 0.05) is 39.2 Å². The van der Waals surface area contributed by atoms with Gasteiger partial charge in [-0.15, -0.1) is 0 Å². The van der Waals surface area contributed by atoms with Gasteiger partial charge < -0.3 is 19.7 Å². The number of piperidine rings is 1. The van der Waals surface area contributed by atoms with E-state index >= 15 is 0 Å². The molecular weight excluding hydrogens is 384 g/mol. The smallest absolute Gasteiger partial charge is 0.268 e. The van der Waals surface area contributed by atoms with E-state index in [0.717, 1.165) is 42.9 Å². The molecule has 0 radical (unpaired) electrons. The fraction of sp³-hybridized carbons (Fsp3) is 0.500. The summed E-state index contributed by atoms with van der Waals surface area (Å²) in [4.78, 5) is 26.8. The van der Waals surface area contributed by atoms with Crippen molar-refractivity contribution in [2.45, 2.75) is 32.4 Å². The van der Waals surface area contributed by atoms with Gasteiger partial charge in [0.15, 0.2) is 0 Å². The van der Waals surface area contributed by atoms with Crippen LogP contribution in [0.1, 0.15) is 24.8 Å². The molecule has 3 rings (SSSR count). The standard InChI is InChI=1S/C22H30N4O4/c1-29-11-10-26-22(28)13-19(15-24-26)25-9-3-4-18(16-25)12-21(27)23-14-17-5-7-20(30-2)8-6-17/h5-8,13,15,18H,3-4,9-12,14,16H2,1-2H3,(H,23,27). The Hall–Kier alpha value is -2.87. The van der Waals surface area contributed by atoms with Crippen molar-refractivity contribution in [2.24, 2.45) is 5.92 Å². The molecule has 0 spiro atoms. The maximum absolute atomic E-state index is 12.4. The number of methoxy groups -OCH3 is 2. The van der Waals surface area contributed by atoms with Crippen molar-refractivity contribution in [3.05, 3.63) is 52.4 Å². The van der Waals surface area contributed by atoms with Crippen LogP contribution >= 0.6 is 0 Å². The number of ether oxygens (including phenoxy) is 2. The topological polar surface area (TPSA) is 85.7 Å². The molecule has 162 valence electrons. The van der Waals surface area contributed by atoms with Crippen LogP contribution in [0.2, 0.25) is 0 Å². The SMILES string of the molecule is COCCn1ncc(N2CCCC(CC(=O)NCc3ccc(OC)cc3)C2)cc1=O. The lowest BCUT2D eigenvalue weighted by Crippen LogP contribution is -2.39. The first-order chi connectivity index (χ1) is 14.6. The van der Waals surface area contributed by atoms with E-state index in [-0.39, 0.29) is 17.4 Å². The summed E-state index contributed by atoms with van der Waals surface area (Å²) in [6, 6.07) is 9.29. The second-order valence-electron chi connectivity index (χ2n) is 7.55. The quantitative estimate of drug-likeness (QED) is 0.674. The molecule has 1 fully saturated rings. The largest absolute Gasteiger partial charge is 0.497 e. The van der Waals surface area contributed by atoms with E-state index < -0.39 is 0 Å². The number of aromatic nitrogens is 2. The first-order valence-corrected chi connectivity index (χ1v) is 10.3. The van der Waals surface area contributed by atoms with Gasteiger partial charge in [-0.25, -0.2) is 4.68 Å². The minimum Gasteiger partial charge on any atom is -0.497 e. The zero-order valence-electron chi connectivity index (χ0n) is 17.7. The molecule has 1 amide bonds. The summed E-state index contributed by atoms with van der Waals surface area (Å²) in [5, 5.41) is 7.25. The lowest BCUT2D eigenvalue weighted by molar-refractivity contribution is -0.122. The number of amides is 1. The number of benzene rings is 1. The third-order valence-corrected chi connectivity index (χ3v) is 5.37. The van der Waals surface area contributed by atoms with Crippen molar-refractivity contribution in [1.29, 1.82) is 0 Å². The minimum atomic E-state index is -0.135. The highest BCUT2D eigenvalue weighted by molar-refractivity contribution is 5.76. The molecule has 1 aromatic heterocycles. The maximum atomic E-state index is 12.4. The Bertz CT molecular complexity index is 881. The average molecular weight is 415 g/mol. The molecule has 2 aromatic rings. The summed E-state index contributed by atoms with van der Waals surface area (Å²) in [5.41, 5.74) is 1.72. The van der Waals surface area contributed by atoms with E-state index in [0.29, 0.717) is 26.1 Å². The minimum absolute atomic E-state index is 0.0470. The normalized spacial score (nSPS) is 16.3. The highest BCUT2D eigenvalue weighted by atomic mass is 16.5. The van der Waals surface area contributed by atoms with E-state index in [1.807, 2.05) is 24.3 Å². The van der Waals surface area contributed by atoms with Crippen molar-refractivity contribution in [3.63, 3.8) is 0 Å². The molecule has 8 nitrogen and oxygen atoms in total. The number of anilines is 1. The zero-order valence-corrected chi connectivity index (χ0v) is 17.7. The van der Waals surface area contributed by atoms with Crippen molar-refractivity contribution >= 4 is 11.6 Å². The van der Waals surface area contributed by atoms with Gasteiger partial charge in [-0.2, -0.15) is 5.10 Å². The van der Waals surface area contributed by atoms with Gasteiger partial charge >= 0.3 is 0 Å². The third-order valence-electron chi connectivity index (χ3n) is 5.37. The molecule has 0 saturated carbocycles. The van der Waals surface area contributed by atoms with Crippen molar-refractivity contribution in [2.75, 3.05) is 38.8 Å². The van der Waals surface area contributed by atoms with Crippen LogP contribution in [0, 0.1) is 5.92 Å². The van der Waals surface area contributed by atoms with Crippen LogP contribution in [-0.4, -0.2) is 49.6 Å². The third kappa shape index (κ3) is 6.06. The molecule has 30 heavy (non-hydrogen) atoms.